The van der Waals surface area contributed by atoms with Crippen LogP contribution in [0, 0.1) is 0 Å². The highest BCUT2D eigenvalue weighted by Crippen LogP contribution is 2.07. The van der Waals surface area contributed by atoms with Crippen molar-refractivity contribution in [2.45, 2.75) is 20.8 Å². The Morgan fingerprint density at radius 2 is 0.905 bits per heavy atom. The zero-order valence-electron chi connectivity index (χ0n) is 14.1. The quantitative estimate of drug-likeness (QED) is 0.500. The lowest BCUT2D eigenvalue weighted by atomic mass is 10.9. The van der Waals surface area contributed by atoms with Crippen molar-refractivity contribution >= 4 is 17.6 Å². The molecule has 0 aromatic heterocycles. The Kier molecular flexibility index (Phi) is 15.3. The molecule has 0 amide bonds. The van der Waals surface area contributed by atoms with E-state index in [-0.39, 0.29) is 0 Å². The molecular formula is C11H32N2O6Si2. The first kappa shape index (κ1) is 23.4. The van der Waals surface area contributed by atoms with Gasteiger partial charge in [0, 0.05) is 41.2 Å². The summed E-state index contributed by atoms with van der Waals surface area (Å²) in [6.07, 6.45) is 0.666. The average Bonchev–Trinajstić information content (AvgIpc) is 2.51. The van der Waals surface area contributed by atoms with Gasteiger partial charge in [0.25, 0.3) is 0 Å². The van der Waals surface area contributed by atoms with E-state index in [1.165, 1.54) is 21.3 Å². The smallest absolute Gasteiger partial charge is 0.376 e. The molecule has 4 N–H and O–H groups in total. The van der Waals surface area contributed by atoms with Gasteiger partial charge >= 0.3 is 17.6 Å². The molecule has 0 heterocycles. The lowest BCUT2D eigenvalue weighted by Crippen LogP contribution is -2.52. The molecule has 0 saturated heterocycles. The largest absolute Gasteiger partial charge is 0.515 e. The summed E-state index contributed by atoms with van der Waals surface area (Å²) in [4.78, 5) is 0. The molecule has 0 bridgehead atoms. The number of rotatable bonds is 11. The Bertz CT molecular complexity index is 200. The molecule has 21 heavy (non-hydrogen) atoms. The molecular weight excluding hydrogens is 312 g/mol. The Hall–Kier alpha value is 0.114. The van der Waals surface area contributed by atoms with E-state index < -0.39 is 17.6 Å². The van der Waals surface area contributed by atoms with Gasteiger partial charge in [-0.1, -0.05) is 0 Å². The number of hydrogen-bond acceptors (Lipinski definition) is 8. The fraction of sp³-hybridized carbons (Fsp3) is 1.00. The molecule has 0 spiro atoms. The minimum absolute atomic E-state index is 0.316. The van der Waals surface area contributed by atoms with Crippen molar-refractivity contribution in [3.8, 4) is 0 Å². The Balaban J connectivity index is 0. The van der Waals surface area contributed by atoms with Crippen LogP contribution in [0.3, 0.4) is 0 Å². The van der Waals surface area contributed by atoms with Crippen LogP contribution in [0.5, 0.6) is 0 Å². The minimum Gasteiger partial charge on any atom is -0.376 e. The molecule has 0 aliphatic rings. The first-order valence-corrected chi connectivity index (χ1v) is 10.8. The second kappa shape index (κ2) is 13.8. The molecule has 0 aliphatic carbocycles. The van der Waals surface area contributed by atoms with Gasteiger partial charge in [0.1, 0.15) is 0 Å². The fourth-order valence-electron chi connectivity index (χ4n) is 1.46. The van der Waals surface area contributed by atoms with E-state index in [1.54, 1.807) is 0 Å². The summed E-state index contributed by atoms with van der Waals surface area (Å²) in [5, 5.41) is 0. The van der Waals surface area contributed by atoms with Crippen LogP contribution in [0.25, 0.3) is 0 Å². The van der Waals surface area contributed by atoms with E-state index in [0.29, 0.717) is 32.2 Å². The lowest BCUT2D eigenvalue weighted by Gasteiger charge is -2.26. The van der Waals surface area contributed by atoms with Crippen molar-refractivity contribution < 1.29 is 26.6 Å². The van der Waals surface area contributed by atoms with E-state index in [1.807, 2.05) is 20.8 Å². The van der Waals surface area contributed by atoms with E-state index in [0.717, 1.165) is 0 Å². The standard InChI is InChI=1S/C7H19NO3Si.C4H13NO3Si/c1-4-9-12(7-8,10-5-2)11-6-3;1-6-9(4-5,7-2)8-3/h4-8H2,1-3H3;4-5H2,1-3H3. The maximum absolute atomic E-state index is 5.55. The van der Waals surface area contributed by atoms with Gasteiger partial charge in [0.15, 0.2) is 0 Å². The van der Waals surface area contributed by atoms with E-state index in [4.69, 9.17) is 38.0 Å². The summed E-state index contributed by atoms with van der Waals surface area (Å²) in [6.45, 7) is 7.50. The summed E-state index contributed by atoms with van der Waals surface area (Å²) >= 11 is 0. The highest BCUT2D eigenvalue weighted by atomic mass is 28.4. The molecule has 10 heteroatoms. The van der Waals surface area contributed by atoms with Gasteiger partial charge in [-0.3, -0.25) is 0 Å². The highest BCUT2D eigenvalue weighted by Gasteiger charge is 2.38. The minimum atomic E-state index is -2.49. The van der Waals surface area contributed by atoms with Crippen molar-refractivity contribution in [1.29, 1.82) is 0 Å². The van der Waals surface area contributed by atoms with Crippen LogP contribution in [0.1, 0.15) is 20.8 Å². The maximum Gasteiger partial charge on any atom is 0.515 e. The lowest BCUT2D eigenvalue weighted by molar-refractivity contribution is 0.0728. The summed E-state index contributed by atoms with van der Waals surface area (Å²) in [7, 11) is -0.304. The third-order valence-corrected chi connectivity index (χ3v) is 7.58. The van der Waals surface area contributed by atoms with E-state index in [9.17, 15) is 0 Å². The molecule has 0 radical (unpaired) electrons. The van der Waals surface area contributed by atoms with Crippen LogP contribution < -0.4 is 11.5 Å². The zero-order chi connectivity index (χ0) is 16.8. The molecule has 0 unspecified atom stereocenters. The summed E-state index contributed by atoms with van der Waals surface area (Å²) in [6, 6.07) is 0. The second-order valence-corrected chi connectivity index (χ2v) is 9.33. The Morgan fingerprint density at radius 3 is 1.00 bits per heavy atom. The van der Waals surface area contributed by atoms with Crippen molar-refractivity contribution in [2.24, 2.45) is 11.5 Å². The van der Waals surface area contributed by atoms with E-state index in [2.05, 4.69) is 0 Å². The van der Waals surface area contributed by atoms with Gasteiger partial charge in [0.2, 0.25) is 0 Å². The van der Waals surface area contributed by atoms with Gasteiger partial charge in [-0.05, 0) is 20.8 Å². The van der Waals surface area contributed by atoms with Gasteiger partial charge in [0.05, 0.1) is 12.3 Å². The number of hydrogen-bond donors (Lipinski definition) is 2. The average molecular weight is 345 g/mol. The molecule has 130 valence electrons. The van der Waals surface area contributed by atoms with E-state index >= 15 is 0 Å². The van der Waals surface area contributed by atoms with Crippen LogP contribution in [-0.2, 0) is 26.6 Å². The molecule has 0 atom stereocenters. The summed E-state index contributed by atoms with van der Waals surface area (Å²) < 4.78 is 31.2. The van der Waals surface area contributed by atoms with Crippen molar-refractivity contribution in [1.82, 2.24) is 0 Å². The topological polar surface area (TPSA) is 107 Å². The van der Waals surface area contributed by atoms with Crippen LogP contribution in [-0.4, -0.2) is 71.1 Å². The molecule has 8 nitrogen and oxygen atoms in total. The van der Waals surface area contributed by atoms with Gasteiger partial charge in [-0.2, -0.15) is 0 Å². The monoisotopic (exact) mass is 344 g/mol. The fourth-order valence-corrected chi connectivity index (χ4v) is 4.38. The van der Waals surface area contributed by atoms with Crippen LogP contribution in [0.2, 0.25) is 0 Å². The van der Waals surface area contributed by atoms with Crippen molar-refractivity contribution in [2.75, 3.05) is 53.5 Å². The first-order chi connectivity index (χ1) is 9.99. The third-order valence-electron chi connectivity index (χ3n) is 2.53. The molecule has 0 saturated carbocycles. The highest BCUT2D eigenvalue weighted by molar-refractivity contribution is 6.61. The normalized spacial score (nSPS) is 12.0. The molecule has 0 rings (SSSR count). The molecule has 0 aromatic rings. The first-order valence-electron chi connectivity index (χ1n) is 6.96. The SMILES string of the molecule is CCO[Si](CN)(OCC)OCC.CO[Si](CN)(OC)OC. The second-order valence-electron chi connectivity index (χ2n) is 3.69. The molecule has 0 aromatic carbocycles. The van der Waals surface area contributed by atoms with Crippen molar-refractivity contribution in [3.05, 3.63) is 0 Å². The Labute approximate surface area is 130 Å². The van der Waals surface area contributed by atoms with Gasteiger partial charge < -0.3 is 38.0 Å². The summed E-state index contributed by atoms with van der Waals surface area (Å²) in [5.74, 6) is 0. The molecule has 0 fully saturated rings. The predicted molar refractivity (Wildman–Crippen MR) is 85.5 cm³/mol. The maximum atomic E-state index is 5.55. The van der Waals surface area contributed by atoms with Gasteiger partial charge in [-0.15, -0.1) is 0 Å². The van der Waals surface area contributed by atoms with Crippen LogP contribution in [0.4, 0.5) is 0 Å². The van der Waals surface area contributed by atoms with Crippen molar-refractivity contribution in [3.63, 3.8) is 0 Å². The number of nitrogens with two attached hydrogens (primary N) is 2. The van der Waals surface area contributed by atoms with Crippen LogP contribution in [0.15, 0.2) is 0 Å². The molecule has 0 aliphatic heterocycles. The Morgan fingerprint density at radius 1 is 0.619 bits per heavy atom. The predicted octanol–water partition coefficient (Wildman–Crippen LogP) is -0.105. The third kappa shape index (κ3) is 8.98. The zero-order valence-corrected chi connectivity index (χ0v) is 16.1. The van der Waals surface area contributed by atoms with Gasteiger partial charge in [-0.25, -0.2) is 0 Å². The summed E-state index contributed by atoms with van der Waals surface area (Å²) in [5.41, 5.74) is 10.9. The van der Waals surface area contributed by atoms with Crippen LogP contribution >= 0.6 is 0 Å².